The van der Waals surface area contributed by atoms with Crippen molar-refractivity contribution in [2.24, 2.45) is 0 Å². The molecule has 16 heavy (non-hydrogen) atoms. The van der Waals surface area contributed by atoms with Gasteiger partial charge in [0.15, 0.2) is 0 Å². The molecule has 1 aromatic carbocycles. The van der Waals surface area contributed by atoms with Crippen molar-refractivity contribution in [3.05, 3.63) is 30.1 Å². The van der Waals surface area contributed by atoms with Crippen molar-refractivity contribution < 1.29 is 19.1 Å². The van der Waals surface area contributed by atoms with Crippen LogP contribution in [0.25, 0.3) is 0 Å². The minimum absolute atomic E-state index is 0.00574. The molecule has 4 nitrogen and oxygen atoms in total. The second-order valence-electron chi connectivity index (χ2n) is 2.89. The van der Waals surface area contributed by atoms with Gasteiger partial charge in [-0.05, 0) is 12.1 Å². The molecule has 0 aliphatic carbocycles. The van der Waals surface area contributed by atoms with Crippen LogP contribution in [0, 0.1) is 5.82 Å². The number of aliphatic carboxylic acids is 1. The summed E-state index contributed by atoms with van der Waals surface area (Å²) in [4.78, 5) is 21.6. The van der Waals surface area contributed by atoms with Crippen LogP contribution >= 0.6 is 11.8 Å². The zero-order valence-corrected chi connectivity index (χ0v) is 9.09. The first-order chi connectivity index (χ1) is 7.59. The zero-order valence-electron chi connectivity index (χ0n) is 8.27. The van der Waals surface area contributed by atoms with E-state index in [1.807, 2.05) is 0 Å². The molecule has 0 heterocycles. The van der Waals surface area contributed by atoms with Gasteiger partial charge in [0.05, 0.1) is 5.75 Å². The molecule has 0 bridgehead atoms. The van der Waals surface area contributed by atoms with Gasteiger partial charge in [0.2, 0.25) is 5.91 Å². The molecule has 0 atom stereocenters. The van der Waals surface area contributed by atoms with Gasteiger partial charge < -0.3 is 10.4 Å². The summed E-state index contributed by atoms with van der Waals surface area (Å²) in [5.74, 6) is -1.94. The highest BCUT2D eigenvalue weighted by molar-refractivity contribution is 8.00. The van der Waals surface area contributed by atoms with Crippen LogP contribution in [0.4, 0.5) is 4.39 Å². The normalized spacial score (nSPS) is 9.81. The van der Waals surface area contributed by atoms with Gasteiger partial charge >= 0.3 is 5.97 Å². The lowest BCUT2D eigenvalue weighted by atomic mass is 10.3. The summed E-state index contributed by atoms with van der Waals surface area (Å²) in [6.45, 7) is -0.420. The van der Waals surface area contributed by atoms with Crippen LogP contribution in [0.15, 0.2) is 29.2 Å². The van der Waals surface area contributed by atoms with Crippen molar-refractivity contribution in [1.29, 1.82) is 0 Å². The number of carboxylic acid groups (broad SMARTS) is 1. The van der Waals surface area contributed by atoms with Crippen molar-refractivity contribution in [3.63, 3.8) is 0 Å². The monoisotopic (exact) mass is 243 g/mol. The van der Waals surface area contributed by atoms with E-state index >= 15 is 0 Å². The number of hydrogen-bond acceptors (Lipinski definition) is 3. The quantitative estimate of drug-likeness (QED) is 0.760. The Morgan fingerprint density at radius 3 is 2.69 bits per heavy atom. The van der Waals surface area contributed by atoms with E-state index in [2.05, 4.69) is 5.32 Å². The number of nitrogens with one attached hydrogen (secondary N) is 1. The maximum Gasteiger partial charge on any atom is 0.322 e. The molecule has 0 saturated carbocycles. The Kier molecular flexibility index (Phi) is 4.78. The zero-order chi connectivity index (χ0) is 12.0. The predicted octanol–water partition coefficient (Wildman–Crippen LogP) is 1.12. The Hall–Kier alpha value is -1.56. The van der Waals surface area contributed by atoms with Crippen LogP contribution in [-0.4, -0.2) is 29.3 Å². The highest BCUT2D eigenvalue weighted by atomic mass is 32.2. The van der Waals surface area contributed by atoms with Crippen LogP contribution in [0.5, 0.6) is 0 Å². The van der Waals surface area contributed by atoms with E-state index in [4.69, 9.17) is 5.11 Å². The molecule has 1 amide bonds. The van der Waals surface area contributed by atoms with Gasteiger partial charge in [-0.3, -0.25) is 9.59 Å². The first kappa shape index (κ1) is 12.5. The maximum atomic E-state index is 13.1. The molecule has 0 aliphatic rings. The van der Waals surface area contributed by atoms with Crippen molar-refractivity contribution in [3.8, 4) is 0 Å². The van der Waals surface area contributed by atoms with Gasteiger partial charge in [0.1, 0.15) is 12.4 Å². The summed E-state index contributed by atoms with van der Waals surface area (Å²) >= 11 is 1.03. The van der Waals surface area contributed by atoms with Crippen LogP contribution in [-0.2, 0) is 9.59 Å². The minimum Gasteiger partial charge on any atom is -0.480 e. The van der Waals surface area contributed by atoms with Crippen LogP contribution in [0.1, 0.15) is 0 Å². The van der Waals surface area contributed by atoms with E-state index in [1.165, 1.54) is 6.07 Å². The smallest absolute Gasteiger partial charge is 0.322 e. The van der Waals surface area contributed by atoms with E-state index in [-0.39, 0.29) is 5.75 Å². The van der Waals surface area contributed by atoms with Crippen molar-refractivity contribution >= 4 is 23.6 Å². The van der Waals surface area contributed by atoms with Gasteiger partial charge in [0, 0.05) is 4.90 Å². The minimum atomic E-state index is -1.11. The molecule has 2 N–H and O–H groups in total. The number of rotatable bonds is 5. The van der Waals surface area contributed by atoms with E-state index < -0.39 is 24.2 Å². The summed E-state index contributed by atoms with van der Waals surface area (Å²) in [6, 6.07) is 6.09. The number of carbonyl (C=O) groups excluding carboxylic acids is 1. The lowest BCUT2D eigenvalue weighted by molar-refractivity contribution is -0.137. The fourth-order valence-electron chi connectivity index (χ4n) is 0.930. The third-order valence-electron chi connectivity index (χ3n) is 1.63. The Labute approximate surface area is 95.8 Å². The summed E-state index contributed by atoms with van der Waals surface area (Å²) in [5, 5.41) is 10.5. The Bertz CT molecular complexity index is 397. The summed E-state index contributed by atoms with van der Waals surface area (Å²) < 4.78 is 13.1. The van der Waals surface area contributed by atoms with Gasteiger partial charge in [-0.2, -0.15) is 0 Å². The molecule has 0 saturated heterocycles. The number of thioether (sulfide) groups is 1. The van der Waals surface area contributed by atoms with Crippen molar-refractivity contribution in [2.75, 3.05) is 12.3 Å². The molecule has 0 aromatic heterocycles. The molecule has 0 unspecified atom stereocenters. The Morgan fingerprint density at radius 2 is 2.06 bits per heavy atom. The predicted molar refractivity (Wildman–Crippen MR) is 57.8 cm³/mol. The van der Waals surface area contributed by atoms with Gasteiger partial charge in [-0.1, -0.05) is 12.1 Å². The first-order valence-corrected chi connectivity index (χ1v) is 5.44. The highest BCUT2D eigenvalue weighted by Crippen LogP contribution is 2.20. The Morgan fingerprint density at radius 1 is 1.38 bits per heavy atom. The molecule has 1 aromatic rings. The van der Waals surface area contributed by atoms with E-state index in [9.17, 15) is 14.0 Å². The SMILES string of the molecule is O=C(O)CNC(=O)CSc1ccccc1F. The first-order valence-electron chi connectivity index (χ1n) is 4.45. The number of carboxylic acids is 1. The van der Waals surface area contributed by atoms with Crippen molar-refractivity contribution in [2.45, 2.75) is 4.90 Å². The second-order valence-corrected chi connectivity index (χ2v) is 3.91. The van der Waals surface area contributed by atoms with Crippen LogP contribution in [0.2, 0.25) is 0 Å². The van der Waals surface area contributed by atoms with E-state index in [0.717, 1.165) is 11.8 Å². The van der Waals surface area contributed by atoms with Crippen molar-refractivity contribution in [1.82, 2.24) is 5.32 Å². The van der Waals surface area contributed by atoms with Crippen LogP contribution < -0.4 is 5.32 Å². The fraction of sp³-hybridized carbons (Fsp3) is 0.200. The molecule has 0 fully saturated rings. The number of halogens is 1. The molecule has 1 rings (SSSR count). The summed E-state index contributed by atoms with van der Waals surface area (Å²) in [7, 11) is 0. The number of benzene rings is 1. The molecule has 86 valence electrons. The highest BCUT2D eigenvalue weighted by Gasteiger charge is 2.06. The number of hydrogen-bond donors (Lipinski definition) is 2. The third-order valence-corrected chi connectivity index (χ3v) is 2.68. The second kappa shape index (κ2) is 6.12. The molecule has 0 radical (unpaired) electrons. The largest absolute Gasteiger partial charge is 0.480 e. The Balaban J connectivity index is 2.37. The lowest BCUT2D eigenvalue weighted by Gasteiger charge is -2.03. The summed E-state index contributed by atoms with van der Waals surface area (Å²) in [5.41, 5.74) is 0. The lowest BCUT2D eigenvalue weighted by Crippen LogP contribution is -2.30. The standard InChI is InChI=1S/C10H10FNO3S/c11-7-3-1-2-4-8(7)16-6-9(13)12-5-10(14)15/h1-4H,5-6H2,(H,12,13)(H,14,15). The topological polar surface area (TPSA) is 66.4 Å². The average molecular weight is 243 g/mol. The average Bonchev–Trinajstić information content (AvgIpc) is 2.25. The molecular weight excluding hydrogens is 233 g/mol. The molecular formula is C10H10FNO3S. The van der Waals surface area contributed by atoms with Gasteiger partial charge in [-0.25, -0.2) is 4.39 Å². The summed E-state index contributed by atoms with van der Waals surface area (Å²) in [6.07, 6.45) is 0. The molecule has 0 aliphatic heterocycles. The van der Waals surface area contributed by atoms with E-state index in [0.29, 0.717) is 4.90 Å². The number of carbonyl (C=O) groups is 2. The van der Waals surface area contributed by atoms with Crippen LogP contribution in [0.3, 0.4) is 0 Å². The van der Waals surface area contributed by atoms with E-state index in [1.54, 1.807) is 18.2 Å². The van der Waals surface area contributed by atoms with Gasteiger partial charge in [-0.15, -0.1) is 11.8 Å². The third kappa shape index (κ3) is 4.31. The van der Waals surface area contributed by atoms with Gasteiger partial charge in [0.25, 0.3) is 0 Å². The fourth-order valence-corrected chi connectivity index (χ4v) is 1.70. The molecule has 6 heteroatoms. The number of amides is 1. The maximum absolute atomic E-state index is 13.1. The molecule has 0 spiro atoms.